The Balaban J connectivity index is 1.82. The van der Waals surface area contributed by atoms with Gasteiger partial charge in [0, 0.05) is 21.9 Å². The van der Waals surface area contributed by atoms with E-state index in [0.717, 1.165) is 10.3 Å². The van der Waals surface area contributed by atoms with Crippen LogP contribution in [0.2, 0.25) is 5.02 Å². The molecule has 88 valence electrons. The molecule has 0 atom stereocenters. The highest BCUT2D eigenvalue weighted by Gasteiger charge is 2.28. The summed E-state index contributed by atoms with van der Waals surface area (Å²) >= 11 is 10.7. The largest absolute Gasteiger partial charge is 0.428 e. The first-order valence-corrected chi connectivity index (χ1v) is 7.13. The van der Waals surface area contributed by atoms with Crippen LogP contribution >= 0.6 is 39.1 Å². The molecule has 3 nitrogen and oxygen atoms in total. The van der Waals surface area contributed by atoms with Crippen molar-refractivity contribution in [1.82, 2.24) is 9.36 Å². The van der Waals surface area contributed by atoms with Crippen LogP contribution in [-0.2, 0) is 0 Å². The van der Waals surface area contributed by atoms with Gasteiger partial charge in [-0.1, -0.05) is 27.5 Å². The summed E-state index contributed by atoms with van der Waals surface area (Å²) in [7, 11) is 0. The molecule has 3 rings (SSSR count). The van der Waals surface area contributed by atoms with E-state index in [2.05, 4.69) is 25.3 Å². The lowest BCUT2D eigenvalue weighted by Gasteiger charge is -2.03. The molecular weight excluding hydrogens is 324 g/mol. The van der Waals surface area contributed by atoms with E-state index in [1.807, 2.05) is 12.1 Å². The number of halogens is 2. The fraction of sp³-hybridized carbons (Fsp3) is 0.273. The van der Waals surface area contributed by atoms with E-state index in [1.54, 1.807) is 6.07 Å². The van der Waals surface area contributed by atoms with Crippen molar-refractivity contribution in [3.05, 3.63) is 33.5 Å². The first-order valence-electron chi connectivity index (χ1n) is 5.19. The Kier molecular flexibility index (Phi) is 3.06. The molecule has 0 N–H and O–H groups in total. The van der Waals surface area contributed by atoms with Crippen molar-refractivity contribution in [2.75, 3.05) is 0 Å². The summed E-state index contributed by atoms with van der Waals surface area (Å²) in [5, 5.41) is 1.11. The predicted molar refractivity (Wildman–Crippen MR) is 71.1 cm³/mol. The van der Waals surface area contributed by atoms with Crippen LogP contribution in [-0.4, -0.2) is 9.36 Å². The van der Waals surface area contributed by atoms with Crippen LogP contribution in [0.4, 0.5) is 0 Å². The molecule has 0 aliphatic heterocycles. The van der Waals surface area contributed by atoms with Gasteiger partial charge in [0.2, 0.25) is 0 Å². The quantitative estimate of drug-likeness (QED) is 0.823. The second-order valence-corrected chi connectivity index (χ2v) is 5.91. The van der Waals surface area contributed by atoms with Crippen molar-refractivity contribution in [2.45, 2.75) is 18.8 Å². The maximum absolute atomic E-state index is 6.04. The third kappa shape index (κ3) is 2.61. The predicted octanol–water partition coefficient (Wildman–Crippen LogP) is 4.62. The molecule has 0 bridgehead atoms. The molecule has 1 aromatic carbocycles. The number of rotatable bonds is 3. The second-order valence-electron chi connectivity index (χ2n) is 3.87. The van der Waals surface area contributed by atoms with Crippen molar-refractivity contribution in [1.29, 1.82) is 0 Å². The first kappa shape index (κ1) is 11.4. The van der Waals surface area contributed by atoms with Gasteiger partial charge in [0.05, 0.1) is 5.02 Å². The highest BCUT2D eigenvalue weighted by molar-refractivity contribution is 9.10. The lowest BCUT2D eigenvalue weighted by Crippen LogP contribution is -1.86. The van der Waals surface area contributed by atoms with E-state index in [-0.39, 0.29) is 0 Å². The minimum absolute atomic E-state index is 0.543. The molecule has 6 heteroatoms. The molecule has 0 spiro atoms. The van der Waals surface area contributed by atoms with E-state index in [4.69, 9.17) is 16.3 Å². The molecule has 1 saturated carbocycles. The van der Waals surface area contributed by atoms with Crippen LogP contribution in [0, 0.1) is 0 Å². The van der Waals surface area contributed by atoms with E-state index in [1.165, 1.54) is 24.4 Å². The summed E-state index contributed by atoms with van der Waals surface area (Å²) in [5.41, 5.74) is 0. The summed E-state index contributed by atoms with van der Waals surface area (Å²) in [6.45, 7) is 0. The molecule has 0 amide bonds. The minimum Gasteiger partial charge on any atom is -0.428 e. The fourth-order valence-electron chi connectivity index (χ4n) is 1.42. The maximum atomic E-state index is 6.04. The Labute approximate surface area is 116 Å². The Morgan fingerprint density at radius 2 is 2.24 bits per heavy atom. The van der Waals surface area contributed by atoms with Gasteiger partial charge >= 0.3 is 0 Å². The Morgan fingerprint density at radius 1 is 1.41 bits per heavy atom. The third-order valence-electron chi connectivity index (χ3n) is 2.46. The molecule has 1 aliphatic rings. The fourth-order valence-corrected chi connectivity index (χ4v) is 2.54. The van der Waals surface area contributed by atoms with Gasteiger partial charge in [-0.15, -0.1) is 0 Å². The topological polar surface area (TPSA) is 35.0 Å². The molecule has 1 heterocycles. The lowest BCUT2D eigenvalue weighted by molar-refractivity contribution is 0.477. The minimum atomic E-state index is 0.543. The number of nitrogens with zero attached hydrogens (tertiary/aromatic N) is 2. The summed E-state index contributed by atoms with van der Waals surface area (Å²) in [5.74, 6) is 2.04. The van der Waals surface area contributed by atoms with Gasteiger partial charge in [0.15, 0.2) is 0 Å². The van der Waals surface area contributed by atoms with Crippen molar-refractivity contribution in [2.24, 2.45) is 0 Å². The molecule has 0 unspecified atom stereocenters. The molecule has 2 aromatic rings. The van der Waals surface area contributed by atoms with Crippen molar-refractivity contribution >= 4 is 39.1 Å². The van der Waals surface area contributed by atoms with Crippen LogP contribution in [0.25, 0.3) is 0 Å². The van der Waals surface area contributed by atoms with E-state index in [9.17, 15) is 0 Å². The molecule has 1 aliphatic carbocycles. The van der Waals surface area contributed by atoms with E-state index in [0.29, 0.717) is 21.9 Å². The highest BCUT2D eigenvalue weighted by atomic mass is 79.9. The van der Waals surface area contributed by atoms with E-state index < -0.39 is 0 Å². The standard InChI is InChI=1S/C11H8BrClN2OS/c12-7-3-4-8(13)9(5-7)16-11-14-10(15-17-11)6-1-2-6/h3-6H,1-2H2. The number of benzene rings is 1. The van der Waals surface area contributed by atoms with Gasteiger partial charge in [0.25, 0.3) is 5.19 Å². The normalized spacial score (nSPS) is 14.9. The average Bonchev–Trinajstić information content (AvgIpc) is 3.05. The Morgan fingerprint density at radius 3 is 3.00 bits per heavy atom. The van der Waals surface area contributed by atoms with Crippen LogP contribution in [0.5, 0.6) is 10.9 Å². The van der Waals surface area contributed by atoms with Gasteiger partial charge in [-0.2, -0.15) is 9.36 Å². The maximum Gasteiger partial charge on any atom is 0.298 e. The SMILES string of the molecule is Clc1ccc(Br)cc1Oc1nc(C2CC2)ns1. The molecule has 1 aromatic heterocycles. The number of ether oxygens (including phenoxy) is 1. The molecule has 1 fully saturated rings. The molecule has 17 heavy (non-hydrogen) atoms. The summed E-state index contributed by atoms with van der Waals surface area (Å²) in [6, 6.07) is 5.47. The summed E-state index contributed by atoms with van der Waals surface area (Å²) in [6.07, 6.45) is 2.38. The van der Waals surface area contributed by atoms with Gasteiger partial charge < -0.3 is 4.74 Å². The molecular formula is C11H8BrClN2OS. The Hall–Kier alpha value is -0.650. The van der Waals surface area contributed by atoms with Crippen LogP contribution in [0.15, 0.2) is 22.7 Å². The summed E-state index contributed by atoms with van der Waals surface area (Å²) < 4.78 is 10.8. The third-order valence-corrected chi connectivity index (χ3v) is 3.87. The monoisotopic (exact) mass is 330 g/mol. The lowest BCUT2D eigenvalue weighted by atomic mass is 10.3. The van der Waals surface area contributed by atoms with Crippen molar-refractivity contribution in [3.8, 4) is 10.9 Å². The number of aromatic nitrogens is 2. The van der Waals surface area contributed by atoms with Crippen LogP contribution in [0.3, 0.4) is 0 Å². The highest BCUT2D eigenvalue weighted by Crippen LogP contribution is 2.40. The second kappa shape index (κ2) is 4.55. The molecule has 0 radical (unpaired) electrons. The zero-order chi connectivity index (χ0) is 11.8. The van der Waals surface area contributed by atoms with Crippen LogP contribution < -0.4 is 4.74 Å². The average molecular weight is 332 g/mol. The van der Waals surface area contributed by atoms with Gasteiger partial charge in [0.1, 0.15) is 11.6 Å². The number of hydrogen-bond acceptors (Lipinski definition) is 4. The van der Waals surface area contributed by atoms with Gasteiger partial charge in [-0.3, -0.25) is 0 Å². The summed E-state index contributed by atoms with van der Waals surface area (Å²) in [4.78, 5) is 4.35. The molecule has 0 saturated heterocycles. The smallest absolute Gasteiger partial charge is 0.298 e. The van der Waals surface area contributed by atoms with Crippen molar-refractivity contribution < 1.29 is 4.74 Å². The van der Waals surface area contributed by atoms with Gasteiger partial charge in [-0.05, 0) is 31.0 Å². The number of hydrogen-bond donors (Lipinski definition) is 0. The van der Waals surface area contributed by atoms with E-state index >= 15 is 0 Å². The van der Waals surface area contributed by atoms with Crippen LogP contribution in [0.1, 0.15) is 24.6 Å². The zero-order valence-electron chi connectivity index (χ0n) is 8.69. The first-order chi connectivity index (χ1) is 8.22. The zero-order valence-corrected chi connectivity index (χ0v) is 11.8. The van der Waals surface area contributed by atoms with Gasteiger partial charge in [-0.25, -0.2) is 0 Å². The van der Waals surface area contributed by atoms with Crippen molar-refractivity contribution in [3.63, 3.8) is 0 Å². The Bertz CT molecular complexity index is 556.